The van der Waals surface area contributed by atoms with Crippen molar-refractivity contribution in [3.63, 3.8) is 0 Å². The van der Waals surface area contributed by atoms with E-state index in [9.17, 15) is 14.4 Å². The Balaban J connectivity index is 1.73. The van der Waals surface area contributed by atoms with Crippen molar-refractivity contribution in [2.24, 2.45) is 0 Å². The van der Waals surface area contributed by atoms with Gasteiger partial charge in [0.2, 0.25) is 0 Å². The van der Waals surface area contributed by atoms with Gasteiger partial charge in [0.1, 0.15) is 0 Å². The lowest BCUT2D eigenvalue weighted by Gasteiger charge is -2.09. The Hall–Kier alpha value is -3.93. The second-order valence-electron chi connectivity index (χ2n) is 6.43. The number of methoxy groups -OCH3 is 1. The van der Waals surface area contributed by atoms with Gasteiger partial charge >= 0.3 is 5.97 Å². The van der Waals surface area contributed by atoms with Crippen molar-refractivity contribution in [1.29, 1.82) is 0 Å². The number of esters is 1. The van der Waals surface area contributed by atoms with E-state index in [2.05, 4.69) is 15.4 Å². The highest BCUT2D eigenvalue weighted by Gasteiger charge is 2.12. The highest BCUT2D eigenvalue weighted by molar-refractivity contribution is 6.09. The minimum absolute atomic E-state index is 0.309. The van der Waals surface area contributed by atoms with Crippen LogP contribution >= 0.6 is 0 Å². The molecule has 0 unspecified atom stereocenters. The fourth-order valence-electron chi connectivity index (χ4n) is 2.69. The van der Waals surface area contributed by atoms with Crippen molar-refractivity contribution in [2.75, 3.05) is 17.7 Å². The van der Waals surface area contributed by atoms with Crippen LogP contribution in [0.15, 0.2) is 72.8 Å². The van der Waals surface area contributed by atoms with Gasteiger partial charge in [0.05, 0.1) is 12.7 Å². The van der Waals surface area contributed by atoms with Gasteiger partial charge in [-0.2, -0.15) is 0 Å². The summed E-state index contributed by atoms with van der Waals surface area (Å²) >= 11 is 0. The van der Waals surface area contributed by atoms with Crippen LogP contribution < -0.4 is 10.6 Å². The lowest BCUT2D eigenvalue weighted by atomic mass is 10.1. The molecule has 0 bridgehead atoms. The van der Waals surface area contributed by atoms with Gasteiger partial charge in [0.25, 0.3) is 11.8 Å². The monoisotopic (exact) mass is 388 g/mol. The molecule has 0 radical (unpaired) electrons. The van der Waals surface area contributed by atoms with E-state index in [1.54, 1.807) is 36.4 Å². The summed E-state index contributed by atoms with van der Waals surface area (Å²) in [5.74, 6) is -1.19. The van der Waals surface area contributed by atoms with Crippen LogP contribution in [0, 0.1) is 6.92 Å². The number of carbonyl (C=O) groups is 3. The molecule has 0 heterocycles. The smallest absolute Gasteiger partial charge is 0.337 e. The molecule has 6 nitrogen and oxygen atoms in total. The van der Waals surface area contributed by atoms with E-state index in [0.717, 1.165) is 5.56 Å². The molecule has 0 aliphatic carbocycles. The van der Waals surface area contributed by atoms with Gasteiger partial charge in [-0.05, 0) is 55.5 Å². The van der Waals surface area contributed by atoms with E-state index in [1.807, 2.05) is 31.2 Å². The number of nitrogens with one attached hydrogen (secondary N) is 2. The summed E-state index contributed by atoms with van der Waals surface area (Å²) < 4.78 is 4.68. The van der Waals surface area contributed by atoms with E-state index in [1.165, 1.54) is 19.2 Å². The largest absolute Gasteiger partial charge is 0.465 e. The third-order valence-corrected chi connectivity index (χ3v) is 4.24. The molecule has 146 valence electrons. The van der Waals surface area contributed by atoms with Gasteiger partial charge < -0.3 is 15.4 Å². The normalized spacial score (nSPS) is 10.1. The molecule has 0 aliphatic heterocycles. The maximum atomic E-state index is 12.6. The van der Waals surface area contributed by atoms with Crippen LogP contribution in [-0.4, -0.2) is 24.9 Å². The zero-order chi connectivity index (χ0) is 20.8. The maximum Gasteiger partial charge on any atom is 0.337 e. The maximum absolute atomic E-state index is 12.6. The second kappa shape index (κ2) is 8.84. The summed E-state index contributed by atoms with van der Waals surface area (Å²) in [5.41, 5.74) is 3.24. The summed E-state index contributed by atoms with van der Waals surface area (Å²) in [6.45, 7) is 1.97. The van der Waals surface area contributed by atoms with Crippen molar-refractivity contribution in [1.82, 2.24) is 0 Å². The first-order chi connectivity index (χ1) is 14.0. The Bertz CT molecular complexity index is 1060. The van der Waals surface area contributed by atoms with E-state index in [0.29, 0.717) is 28.1 Å². The summed E-state index contributed by atoms with van der Waals surface area (Å²) in [6.07, 6.45) is 0. The number of anilines is 2. The predicted molar refractivity (Wildman–Crippen MR) is 111 cm³/mol. The SMILES string of the molecule is COC(=O)c1cccc(NC(=O)c2cccc(C(=O)Nc3ccc(C)cc3)c2)c1. The van der Waals surface area contributed by atoms with Crippen molar-refractivity contribution in [3.05, 3.63) is 95.1 Å². The number of benzene rings is 3. The first kappa shape index (κ1) is 19.8. The molecule has 2 N–H and O–H groups in total. The van der Waals surface area contributed by atoms with Crippen LogP contribution in [0.5, 0.6) is 0 Å². The van der Waals surface area contributed by atoms with Crippen LogP contribution in [0.2, 0.25) is 0 Å². The molecule has 0 aliphatic rings. The van der Waals surface area contributed by atoms with Crippen molar-refractivity contribution < 1.29 is 19.1 Å². The summed E-state index contributed by atoms with van der Waals surface area (Å²) in [6, 6.07) is 20.3. The molecule has 0 fully saturated rings. The number of hydrogen-bond acceptors (Lipinski definition) is 4. The summed E-state index contributed by atoms with van der Waals surface area (Å²) in [4.78, 5) is 36.7. The van der Waals surface area contributed by atoms with E-state index in [4.69, 9.17) is 0 Å². The number of aryl methyl sites for hydroxylation is 1. The summed E-state index contributed by atoms with van der Waals surface area (Å²) in [7, 11) is 1.29. The minimum Gasteiger partial charge on any atom is -0.465 e. The third-order valence-electron chi connectivity index (χ3n) is 4.24. The zero-order valence-electron chi connectivity index (χ0n) is 16.1. The summed E-state index contributed by atoms with van der Waals surface area (Å²) in [5, 5.41) is 5.53. The molecule has 6 heteroatoms. The second-order valence-corrected chi connectivity index (χ2v) is 6.43. The van der Waals surface area contributed by atoms with Gasteiger partial charge in [-0.15, -0.1) is 0 Å². The lowest BCUT2D eigenvalue weighted by Crippen LogP contribution is -2.15. The molecule has 0 aromatic heterocycles. The molecular formula is C23H20N2O4. The number of hydrogen-bond donors (Lipinski definition) is 2. The van der Waals surface area contributed by atoms with Crippen LogP contribution in [0.1, 0.15) is 36.6 Å². The Morgan fingerprint density at radius 2 is 1.24 bits per heavy atom. The Morgan fingerprint density at radius 1 is 0.690 bits per heavy atom. The number of rotatable bonds is 5. The lowest BCUT2D eigenvalue weighted by molar-refractivity contribution is 0.0600. The predicted octanol–water partition coefficient (Wildman–Crippen LogP) is 4.29. The molecule has 0 saturated carbocycles. The van der Waals surface area contributed by atoms with Crippen LogP contribution in [0.4, 0.5) is 11.4 Å². The molecule has 2 amide bonds. The molecule has 3 aromatic rings. The molecule has 3 rings (SSSR count). The first-order valence-electron chi connectivity index (χ1n) is 8.94. The molecule has 0 spiro atoms. The van der Waals surface area contributed by atoms with Gasteiger partial charge in [-0.25, -0.2) is 4.79 Å². The number of amides is 2. The van der Waals surface area contributed by atoms with E-state index >= 15 is 0 Å². The topological polar surface area (TPSA) is 84.5 Å². The standard InChI is InChI=1S/C23H20N2O4/c1-15-9-11-19(12-10-15)24-21(26)16-5-3-6-17(13-16)22(27)25-20-8-4-7-18(14-20)23(28)29-2/h3-14H,1-2H3,(H,24,26)(H,25,27). The molecule has 0 atom stereocenters. The molecule has 0 saturated heterocycles. The molecule has 29 heavy (non-hydrogen) atoms. The van der Waals surface area contributed by atoms with Crippen molar-refractivity contribution in [3.8, 4) is 0 Å². The van der Waals surface area contributed by atoms with Crippen LogP contribution in [0.3, 0.4) is 0 Å². The zero-order valence-corrected chi connectivity index (χ0v) is 16.1. The average Bonchev–Trinajstić information content (AvgIpc) is 2.75. The quantitative estimate of drug-likeness (QED) is 0.639. The van der Waals surface area contributed by atoms with E-state index < -0.39 is 11.9 Å². The Kier molecular flexibility index (Phi) is 6.04. The van der Waals surface area contributed by atoms with Gasteiger partial charge in [-0.1, -0.05) is 29.8 Å². The molecular weight excluding hydrogens is 368 g/mol. The minimum atomic E-state index is -0.490. The van der Waals surface area contributed by atoms with Crippen LogP contribution in [0.25, 0.3) is 0 Å². The average molecular weight is 388 g/mol. The highest BCUT2D eigenvalue weighted by atomic mass is 16.5. The van der Waals surface area contributed by atoms with Crippen molar-refractivity contribution in [2.45, 2.75) is 6.92 Å². The Labute approximate surface area is 168 Å². The first-order valence-corrected chi connectivity index (χ1v) is 8.94. The van der Waals surface area contributed by atoms with E-state index in [-0.39, 0.29) is 5.91 Å². The van der Waals surface area contributed by atoms with Gasteiger partial charge in [0.15, 0.2) is 0 Å². The highest BCUT2D eigenvalue weighted by Crippen LogP contribution is 2.15. The van der Waals surface area contributed by atoms with Crippen molar-refractivity contribution >= 4 is 29.2 Å². The molecule has 3 aromatic carbocycles. The Morgan fingerprint density at radius 3 is 1.86 bits per heavy atom. The third kappa shape index (κ3) is 5.07. The fourth-order valence-corrected chi connectivity index (χ4v) is 2.69. The van der Waals surface area contributed by atoms with Gasteiger partial charge in [-0.3, -0.25) is 9.59 Å². The fraction of sp³-hybridized carbons (Fsp3) is 0.0870. The van der Waals surface area contributed by atoms with Gasteiger partial charge in [0, 0.05) is 22.5 Å². The number of ether oxygens (including phenoxy) is 1. The number of carbonyl (C=O) groups excluding carboxylic acids is 3. The van der Waals surface area contributed by atoms with Crippen LogP contribution in [-0.2, 0) is 4.74 Å².